The number of rotatable bonds is 6. The fourth-order valence-corrected chi connectivity index (χ4v) is 1.85. The molecule has 0 N–H and O–H groups in total. The molecule has 0 heterocycles. The second kappa shape index (κ2) is 7.70. The number of alkyl halides is 1. The summed E-state index contributed by atoms with van der Waals surface area (Å²) in [6.45, 7) is 2.08. The number of hydrogen-bond acceptors (Lipinski definition) is 4. The minimum atomic E-state index is -0.315. The number of esters is 1. The average Bonchev–Trinajstić information content (AvgIpc) is 2.39. The molecule has 19 heavy (non-hydrogen) atoms. The fourth-order valence-electron chi connectivity index (χ4n) is 1.65. The van der Waals surface area contributed by atoms with Crippen LogP contribution in [0.4, 0.5) is 0 Å². The van der Waals surface area contributed by atoms with Gasteiger partial charge in [0.15, 0.2) is 0 Å². The van der Waals surface area contributed by atoms with Crippen LogP contribution in [0.3, 0.4) is 0 Å². The number of halogens is 1. The zero-order valence-corrected chi connectivity index (χ0v) is 12.2. The van der Waals surface area contributed by atoms with Crippen LogP contribution in [0, 0.1) is 11.3 Å². The maximum absolute atomic E-state index is 11.4. The van der Waals surface area contributed by atoms with Gasteiger partial charge in [-0.3, -0.25) is 9.59 Å². The Labute approximate surface area is 120 Å². The van der Waals surface area contributed by atoms with Gasteiger partial charge in [-0.15, -0.1) is 0 Å². The molecule has 0 amide bonds. The lowest BCUT2D eigenvalue weighted by Gasteiger charge is -2.06. The Hall–Kier alpha value is -1.67. The van der Waals surface area contributed by atoms with Crippen LogP contribution in [-0.2, 0) is 27.2 Å². The molecular weight excluding hydrogens is 310 g/mol. The lowest BCUT2D eigenvalue weighted by molar-refractivity contribution is -0.142. The molecular formula is C14H14BrNO3. The first-order chi connectivity index (χ1) is 9.10. The van der Waals surface area contributed by atoms with Crippen molar-refractivity contribution >= 4 is 27.7 Å². The van der Waals surface area contributed by atoms with Gasteiger partial charge in [-0.2, -0.15) is 5.26 Å². The van der Waals surface area contributed by atoms with Crippen molar-refractivity contribution < 1.29 is 14.3 Å². The van der Waals surface area contributed by atoms with Crippen LogP contribution in [0.15, 0.2) is 18.2 Å². The topological polar surface area (TPSA) is 67.2 Å². The molecule has 0 aromatic heterocycles. The number of carbonyl (C=O) groups excluding carboxylic acids is 2. The monoisotopic (exact) mass is 323 g/mol. The van der Waals surface area contributed by atoms with Crippen molar-refractivity contribution in [2.24, 2.45) is 0 Å². The maximum atomic E-state index is 11.4. The van der Waals surface area contributed by atoms with Crippen LogP contribution in [0.5, 0.6) is 0 Å². The van der Waals surface area contributed by atoms with E-state index in [-0.39, 0.29) is 29.9 Å². The first-order valence-corrected chi connectivity index (χ1v) is 6.98. The first kappa shape index (κ1) is 15.4. The number of benzene rings is 1. The number of ketones is 1. The molecule has 1 aromatic carbocycles. The van der Waals surface area contributed by atoms with Gasteiger partial charge in [-0.1, -0.05) is 28.1 Å². The summed E-state index contributed by atoms with van der Waals surface area (Å²) in [6, 6.07) is 7.10. The summed E-state index contributed by atoms with van der Waals surface area (Å²) in [5.74, 6) is -0.324. The van der Waals surface area contributed by atoms with E-state index in [2.05, 4.69) is 15.9 Å². The average molecular weight is 324 g/mol. The zero-order valence-electron chi connectivity index (χ0n) is 10.6. The molecule has 100 valence electrons. The quantitative estimate of drug-likeness (QED) is 0.594. The van der Waals surface area contributed by atoms with Crippen LogP contribution in [0.2, 0.25) is 0 Å². The molecule has 0 aliphatic carbocycles. The zero-order chi connectivity index (χ0) is 14.3. The van der Waals surface area contributed by atoms with E-state index in [9.17, 15) is 9.59 Å². The first-order valence-electron chi connectivity index (χ1n) is 5.85. The van der Waals surface area contributed by atoms with Crippen LogP contribution >= 0.6 is 15.9 Å². The molecule has 0 saturated heterocycles. The van der Waals surface area contributed by atoms with Gasteiger partial charge in [-0.25, -0.2) is 0 Å². The molecule has 0 saturated carbocycles. The summed E-state index contributed by atoms with van der Waals surface area (Å²) >= 11 is 3.09. The van der Waals surface area contributed by atoms with Gasteiger partial charge in [0.05, 0.1) is 30.0 Å². The highest BCUT2D eigenvalue weighted by Crippen LogP contribution is 2.14. The van der Waals surface area contributed by atoms with Crippen LogP contribution < -0.4 is 0 Å². The molecule has 0 aliphatic rings. The van der Waals surface area contributed by atoms with Crippen molar-refractivity contribution in [3.63, 3.8) is 0 Å². The predicted molar refractivity (Wildman–Crippen MR) is 74.0 cm³/mol. The second-order valence-corrected chi connectivity index (χ2v) is 4.49. The van der Waals surface area contributed by atoms with Gasteiger partial charge >= 0.3 is 5.97 Å². The van der Waals surface area contributed by atoms with Gasteiger partial charge in [0.1, 0.15) is 5.78 Å². The standard InChI is InChI=1S/C14H14BrNO3/c1-2-19-14(18)6-10-3-4-11(9-16)12(5-10)7-13(17)8-15/h3-5H,2,6-8H2,1H3. The van der Waals surface area contributed by atoms with E-state index in [1.54, 1.807) is 25.1 Å². The van der Waals surface area contributed by atoms with Gasteiger partial charge in [-0.05, 0) is 24.1 Å². The van der Waals surface area contributed by atoms with E-state index >= 15 is 0 Å². The molecule has 0 unspecified atom stereocenters. The van der Waals surface area contributed by atoms with E-state index in [0.29, 0.717) is 17.7 Å². The summed E-state index contributed by atoms with van der Waals surface area (Å²) in [7, 11) is 0. The number of carbonyl (C=O) groups is 2. The minimum Gasteiger partial charge on any atom is -0.466 e. The molecule has 0 fully saturated rings. The number of Topliss-reactive ketones (excluding diaryl/α,β-unsaturated/α-hetero) is 1. The Balaban J connectivity index is 2.92. The van der Waals surface area contributed by atoms with Crippen molar-refractivity contribution in [1.29, 1.82) is 5.26 Å². The third-order valence-corrected chi connectivity index (χ3v) is 3.11. The third kappa shape index (κ3) is 4.84. The van der Waals surface area contributed by atoms with Crippen LogP contribution in [-0.4, -0.2) is 23.7 Å². The van der Waals surface area contributed by atoms with Crippen LogP contribution in [0.1, 0.15) is 23.6 Å². The van der Waals surface area contributed by atoms with Gasteiger partial charge in [0.2, 0.25) is 0 Å². The molecule has 0 atom stereocenters. The normalized spacial score (nSPS) is 9.74. The summed E-state index contributed by atoms with van der Waals surface area (Å²) in [5.41, 5.74) is 1.85. The van der Waals surface area contributed by atoms with Gasteiger partial charge in [0, 0.05) is 6.42 Å². The summed E-state index contributed by atoms with van der Waals surface area (Å²) in [6.07, 6.45) is 0.333. The molecule has 0 aliphatic heterocycles. The Morgan fingerprint density at radius 1 is 1.37 bits per heavy atom. The van der Waals surface area contributed by atoms with E-state index < -0.39 is 0 Å². The molecule has 0 radical (unpaired) electrons. The Bertz CT molecular complexity index is 520. The molecule has 1 rings (SSSR count). The summed E-state index contributed by atoms with van der Waals surface area (Å²) in [4.78, 5) is 22.8. The van der Waals surface area contributed by atoms with Gasteiger partial charge in [0.25, 0.3) is 0 Å². The molecule has 0 spiro atoms. The number of ether oxygens (including phenoxy) is 1. The number of hydrogen-bond donors (Lipinski definition) is 0. The third-order valence-electron chi connectivity index (χ3n) is 2.48. The highest BCUT2D eigenvalue weighted by Gasteiger charge is 2.10. The number of nitrogens with zero attached hydrogens (tertiary/aromatic N) is 1. The van der Waals surface area contributed by atoms with E-state index in [4.69, 9.17) is 10.00 Å². The SMILES string of the molecule is CCOC(=O)Cc1ccc(C#N)c(CC(=O)CBr)c1. The van der Waals surface area contributed by atoms with Crippen molar-refractivity contribution in [3.8, 4) is 6.07 Å². The van der Waals surface area contributed by atoms with Crippen molar-refractivity contribution in [3.05, 3.63) is 34.9 Å². The largest absolute Gasteiger partial charge is 0.466 e. The van der Waals surface area contributed by atoms with E-state index in [0.717, 1.165) is 5.56 Å². The Kier molecular flexibility index (Phi) is 6.23. The Morgan fingerprint density at radius 3 is 2.68 bits per heavy atom. The van der Waals surface area contributed by atoms with Gasteiger partial charge < -0.3 is 4.74 Å². The molecule has 1 aromatic rings. The second-order valence-electron chi connectivity index (χ2n) is 3.93. The smallest absolute Gasteiger partial charge is 0.310 e. The highest BCUT2D eigenvalue weighted by atomic mass is 79.9. The van der Waals surface area contributed by atoms with E-state index in [1.165, 1.54) is 0 Å². The molecule has 4 nitrogen and oxygen atoms in total. The molecule has 0 bridgehead atoms. The maximum Gasteiger partial charge on any atom is 0.310 e. The van der Waals surface area contributed by atoms with Crippen LogP contribution in [0.25, 0.3) is 0 Å². The van der Waals surface area contributed by atoms with E-state index in [1.807, 2.05) is 6.07 Å². The highest BCUT2D eigenvalue weighted by molar-refractivity contribution is 9.09. The predicted octanol–water partition coefficient (Wildman–Crippen LogP) is 2.17. The minimum absolute atomic E-state index is 0.00946. The van der Waals surface area contributed by atoms with Crippen molar-refractivity contribution in [2.45, 2.75) is 19.8 Å². The lowest BCUT2D eigenvalue weighted by atomic mass is 9.99. The Morgan fingerprint density at radius 2 is 2.11 bits per heavy atom. The lowest BCUT2D eigenvalue weighted by Crippen LogP contribution is -2.09. The van der Waals surface area contributed by atoms with Crippen molar-refractivity contribution in [1.82, 2.24) is 0 Å². The summed E-state index contributed by atoms with van der Waals surface area (Å²) in [5, 5.41) is 9.25. The fraction of sp³-hybridized carbons (Fsp3) is 0.357. The van der Waals surface area contributed by atoms with Crippen molar-refractivity contribution in [2.75, 3.05) is 11.9 Å². The summed E-state index contributed by atoms with van der Waals surface area (Å²) < 4.78 is 4.87. The number of nitriles is 1. The molecule has 5 heteroatoms.